The van der Waals surface area contributed by atoms with E-state index in [1.807, 2.05) is 0 Å². The number of amides is 3. The SMILES string of the molecule is Cc1c(CN(C(N)=O)N(C(=O)O)C(C)(C)C)sc2c1c(=O)n(CC(F)(F)F)c(=O)n2CC1CCCO1. The van der Waals surface area contributed by atoms with Crippen molar-refractivity contribution in [3.8, 4) is 0 Å². The van der Waals surface area contributed by atoms with Gasteiger partial charge in [-0.2, -0.15) is 13.2 Å². The van der Waals surface area contributed by atoms with E-state index in [4.69, 9.17) is 10.5 Å². The second-order valence-corrected chi connectivity index (χ2v) is 10.6. The summed E-state index contributed by atoms with van der Waals surface area (Å²) in [4.78, 5) is 50.7. The normalized spacial score (nSPS) is 16.5. The summed E-state index contributed by atoms with van der Waals surface area (Å²) in [5, 5.41) is 11.1. The fraction of sp³-hybridized carbons (Fsp3) is 0.619. The van der Waals surface area contributed by atoms with E-state index in [1.54, 1.807) is 20.8 Å². The van der Waals surface area contributed by atoms with Crippen LogP contribution < -0.4 is 17.0 Å². The number of hydrazine groups is 1. The van der Waals surface area contributed by atoms with Crippen LogP contribution in [0.15, 0.2) is 9.59 Å². The maximum absolute atomic E-state index is 13.2. The number of ether oxygens (including phenoxy) is 1. The molecule has 0 saturated carbocycles. The molecule has 1 unspecified atom stereocenters. The highest BCUT2D eigenvalue weighted by atomic mass is 32.1. The molecule has 0 aromatic carbocycles. The summed E-state index contributed by atoms with van der Waals surface area (Å²) in [7, 11) is 0. The number of hydrogen-bond donors (Lipinski definition) is 2. The fourth-order valence-corrected chi connectivity index (χ4v) is 5.48. The van der Waals surface area contributed by atoms with E-state index in [2.05, 4.69) is 0 Å². The van der Waals surface area contributed by atoms with Gasteiger partial charge in [-0.25, -0.2) is 24.4 Å². The third-order valence-electron chi connectivity index (χ3n) is 5.75. The molecular weight excluding hydrogens is 507 g/mol. The molecule has 1 aliphatic rings. The van der Waals surface area contributed by atoms with E-state index >= 15 is 0 Å². The monoisotopic (exact) mass is 535 g/mol. The fourth-order valence-electron chi connectivity index (χ4n) is 4.20. The number of halogens is 3. The zero-order valence-electron chi connectivity index (χ0n) is 20.2. The number of carboxylic acid groups (broad SMARTS) is 1. The molecule has 3 heterocycles. The van der Waals surface area contributed by atoms with Crippen molar-refractivity contribution in [2.24, 2.45) is 5.73 Å². The van der Waals surface area contributed by atoms with Crippen LogP contribution in [0.25, 0.3) is 10.2 Å². The lowest BCUT2D eigenvalue weighted by molar-refractivity contribution is -0.142. The molecule has 36 heavy (non-hydrogen) atoms. The minimum atomic E-state index is -4.82. The predicted octanol–water partition coefficient (Wildman–Crippen LogP) is 2.85. The lowest BCUT2D eigenvalue weighted by Gasteiger charge is -2.40. The Bertz CT molecular complexity index is 1290. The van der Waals surface area contributed by atoms with E-state index in [-0.39, 0.29) is 33.4 Å². The summed E-state index contributed by atoms with van der Waals surface area (Å²) in [5.41, 5.74) is 2.38. The number of carbonyl (C=O) groups is 2. The Balaban J connectivity index is 2.23. The highest BCUT2D eigenvalue weighted by Crippen LogP contribution is 2.31. The van der Waals surface area contributed by atoms with Gasteiger partial charge < -0.3 is 15.6 Å². The summed E-state index contributed by atoms with van der Waals surface area (Å²) in [6.45, 7) is 4.35. The standard InChI is InChI=1S/C21H28F3N5O6S/c1-11-13(9-28(17(25)31)29(19(33)34)20(2,3)4)36-16-14(11)15(30)27(10-21(22,23)24)18(32)26(16)8-12-6-5-7-35-12/h12H,5-10H2,1-4H3,(H2,25,31)(H,33,34). The van der Waals surface area contributed by atoms with E-state index in [0.29, 0.717) is 17.9 Å². The van der Waals surface area contributed by atoms with E-state index in [0.717, 1.165) is 32.3 Å². The molecule has 0 bridgehead atoms. The zero-order chi connectivity index (χ0) is 27.2. The first-order chi connectivity index (χ1) is 16.5. The van der Waals surface area contributed by atoms with Gasteiger partial charge in [0.25, 0.3) is 5.56 Å². The molecule has 0 spiro atoms. The molecule has 2 aromatic heterocycles. The van der Waals surface area contributed by atoms with Crippen molar-refractivity contribution < 1.29 is 32.6 Å². The lowest BCUT2D eigenvalue weighted by atomic mass is 10.1. The molecule has 1 aliphatic heterocycles. The Labute approximate surface area is 207 Å². The number of nitrogens with two attached hydrogens (primary N) is 1. The van der Waals surface area contributed by atoms with Crippen molar-refractivity contribution in [1.29, 1.82) is 0 Å². The first-order valence-electron chi connectivity index (χ1n) is 11.1. The molecule has 3 rings (SSSR count). The van der Waals surface area contributed by atoms with Crippen LogP contribution in [0.5, 0.6) is 0 Å². The average molecular weight is 536 g/mol. The van der Waals surface area contributed by atoms with Crippen LogP contribution in [-0.2, 0) is 24.4 Å². The molecule has 0 aliphatic carbocycles. The minimum Gasteiger partial charge on any atom is -0.464 e. The van der Waals surface area contributed by atoms with E-state index < -0.39 is 47.7 Å². The average Bonchev–Trinajstić information content (AvgIpc) is 3.34. The molecule has 3 N–H and O–H groups in total. The highest BCUT2D eigenvalue weighted by Gasteiger charge is 2.36. The first kappa shape index (κ1) is 27.5. The number of primary amides is 1. The smallest absolute Gasteiger partial charge is 0.426 e. The Hall–Kier alpha value is -3.07. The van der Waals surface area contributed by atoms with Crippen LogP contribution in [0, 0.1) is 6.92 Å². The molecule has 15 heteroatoms. The van der Waals surface area contributed by atoms with Crippen molar-refractivity contribution in [3.05, 3.63) is 31.3 Å². The minimum absolute atomic E-state index is 0.0599. The number of alkyl halides is 3. The number of rotatable bonds is 5. The summed E-state index contributed by atoms with van der Waals surface area (Å²) in [6, 6.07) is -1.09. The Morgan fingerprint density at radius 2 is 1.86 bits per heavy atom. The predicted molar refractivity (Wildman–Crippen MR) is 125 cm³/mol. The number of aromatic nitrogens is 2. The topological polar surface area (TPSA) is 140 Å². The second-order valence-electron chi connectivity index (χ2n) is 9.53. The number of carbonyl (C=O) groups excluding carboxylic acids is 1. The Morgan fingerprint density at radius 3 is 2.33 bits per heavy atom. The molecule has 1 atom stereocenters. The van der Waals surface area contributed by atoms with Gasteiger partial charge in [0.15, 0.2) is 0 Å². The molecule has 200 valence electrons. The van der Waals surface area contributed by atoms with Crippen molar-refractivity contribution in [2.45, 2.75) is 78.0 Å². The van der Waals surface area contributed by atoms with Crippen LogP contribution in [0.2, 0.25) is 0 Å². The number of aryl methyl sites for hydroxylation is 1. The number of urea groups is 1. The van der Waals surface area contributed by atoms with Crippen LogP contribution in [0.3, 0.4) is 0 Å². The maximum Gasteiger partial charge on any atom is 0.426 e. The summed E-state index contributed by atoms with van der Waals surface area (Å²) in [6.07, 6.45) is -5.37. The van der Waals surface area contributed by atoms with Crippen molar-refractivity contribution in [2.75, 3.05) is 6.61 Å². The van der Waals surface area contributed by atoms with Crippen LogP contribution >= 0.6 is 11.3 Å². The van der Waals surface area contributed by atoms with Gasteiger partial charge in [-0.3, -0.25) is 13.9 Å². The van der Waals surface area contributed by atoms with Gasteiger partial charge >= 0.3 is 24.0 Å². The maximum atomic E-state index is 13.2. The van der Waals surface area contributed by atoms with Gasteiger partial charge in [0.1, 0.15) is 11.4 Å². The van der Waals surface area contributed by atoms with Gasteiger partial charge in [-0.1, -0.05) is 0 Å². The third kappa shape index (κ3) is 5.51. The molecule has 0 radical (unpaired) electrons. The van der Waals surface area contributed by atoms with E-state index in [1.165, 1.54) is 6.92 Å². The number of thiophene rings is 1. The van der Waals surface area contributed by atoms with Gasteiger partial charge in [0.2, 0.25) is 0 Å². The quantitative estimate of drug-likeness (QED) is 0.565. The summed E-state index contributed by atoms with van der Waals surface area (Å²) < 4.78 is 46.5. The molecule has 3 amide bonds. The lowest BCUT2D eigenvalue weighted by Crippen LogP contribution is -2.58. The summed E-state index contributed by atoms with van der Waals surface area (Å²) >= 11 is 0.918. The van der Waals surface area contributed by atoms with E-state index in [9.17, 15) is 37.5 Å². The van der Waals surface area contributed by atoms with Crippen LogP contribution in [-0.4, -0.2) is 60.8 Å². The molecule has 1 saturated heterocycles. The highest BCUT2D eigenvalue weighted by molar-refractivity contribution is 7.18. The van der Waals surface area contributed by atoms with Crippen molar-refractivity contribution in [3.63, 3.8) is 0 Å². The number of hydrogen-bond acceptors (Lipinski definition) is 6. The number of nitrogens with zero attached hydrogens (tertiary/aromatic N) is 4. The Morgan fingerprint density at radius 1 is 1.22 bits per heavy atom. The zero-order valence-corrected chi connectivity index (χ0v) is 21.0. The van der Waals surface area contributed by atoms with Crippen molar-refractivity contribution in [1.82, 2.24) is 19.2 Å². The summed E-state index contributed by atoms with van der Waals surface area (Å²) in [5.74, 6) is 0. The van der Waals surface area contributed by atoms with Crippen LogP contribution in [0.4, 0.5) is 22.8 Å². The van der Waals surface area contributed by atoms with Crippen molar-refractivity contribution >= 4 is 33.7 Å². The Kier molecular flexibility index (Phi) is 7.46. The molecule has 11 nitrogen and oxygen atoms in total. The number of fused-ring (bicyclic) bond motifs is 1. The molecule has 2 aromatic rings. The first-order valence-corrected chi connectivity index (χ1v) is 11.9. The largest absolute Gasteiger partial charge is 0.464 e. The second kappa shape index (κ2) is 9.76. The molecular formula is C21H28F3N5O6S. The van der Waals surface area contributed by atoms with Crippen LogP contribution in [0.1, 0.15) is 44.1 Å². The van der Waals surface area contributed by atoms with Gasteiger partial charge in [0.05, 0.1) is 30.1 Å². The van der Waals surface area contributed by atoms with Gasteiger partial charge in [0, 0.05) is 11.5 Å². The molecule has 1 fully saturated rings. The third-order valence-corrected chi connectivity index (χ3v) is 7.05. The van der Waals surface area contributed by atoms with Gasteiger partial charge in [-0.15, -0.1) is 11.3 Å². The van der Waals surface area contributed by atoms with Gasteiger partial charge in [-0.05, 0) is 46.1 Å².